The van der Waals surface area contributed by atoms with Gasteiger partial charge < -0.3 is 24.0 Å². The van der Waals surface area contributed by atoms with E-state index < -0.39 is 27.8 Å². The molecule has 2 amide bonds. The lowest BCUT2D eigenvalue weighted by atomic mass is 9.96. The minimum absolute atomic E-state index is 0.00826. The second kappa shape index (κ2) is 14.3. The van der Waals surface area contributed by atoms with Crippen LogP contribution >= 0.6 is 0 Å². The Morgan fingerprint density at radius 2 is 1.30 bits per heavy atom. The van der Waals surface area contributed by atoms with Crippen LogP contribution in [-0.2, 0) is 19.6 Å². The van der Waals surface area contributed by atoms with Crippen molar-refractivity contribution in [3.05, 3.63) is 90.0 Å². The maximum atomic E-state index is 14.3. The number of sulfonamides is 1. The molecule has 12 heteroatoms. The first-order valence-electron chi connectivity index (χ1n) is 15.8. The van der Waals surface area contributed by atoms with E-state index in [2.05, 4.69) is 29.2 Å². The smallest absolute Gasteiger partial charge is 0.410 e. The monoisotopic (exact) mass is 664 g/mol. The summed E-state index contributed by atoms with van der Waals surface area (Å²) >= 11 is 0. The van der Waals surface area contributed by atoms with Crippen molar-refractivity contribution in [1.82, 2.24) is 19.0 Å². The van der Waals surface area contributed by atoms with Gasteiger partial charge in [-0.2, -0.15) is 4.31 Å². The molecular weight excluding hydrogens is 620 g/mol. The Labute approximate surface area is 277 Å². The Kier molecular flexibility index (Phi) is 10.4. The highest BCUT2D eigenvalue weighted by Crippen LogP contribution is 2.33. The molecule has 0 N–H and O–H groups in total. The summed E-state index contributed by atoms with van der Waals surface area (Å²) in [5, 5.41) is 0. The topological polar surface area (TPSA) is 109 Å². The molecule has 1 atom stereocenters. The predicted molar refractivity (Wildman–Crippen MR) is 178 cm³/mol. The summed E-state index contributed by atoms with van der Waals surface area (Å²) in [6, 6.07) is 23.8. The van der Waals surface area contributed by atoms with E-state index in [1.54, 1.807) is 25.7 Å². The Morgan fingerprint density at radius 1 is 0.745 bits per heavy atom. The van der Waals surface area contributed by atoms with Crippen LogP contribution in [0.5, 0.6) is 11.5 Å². The zero-order chi connectivity index (χ0) is 33.8. The van der Waals surface area contributed by atoms with Crippen molar-refractivity contribution in [2.75, 3.05) is 60.0 Å². The van der Waals surface area contributed by atoms with Gasteiger partial charge in [-0.15, -0.1) is 0 Å². The molecule has 2 aliphatic rings. The van der Waals surface area contributed by atoms with Crippen LogP contribution in [0.3, 0.4) is 0 Å². The molecule has 5 rings (SSSR count). The van der Waals surface area contributed by atoms with Gasteiger partial charge in [-0.25, -0.2) is 13.2 Å². The van der Waals surface area contributed by atoms with Crippen molar-refractivity contribution in [3.8, 4) is 11.5 Å². The molecule has 3 aromatic carbocycles. The van der Waals surface area contributed by atoms with Crippen LogP contribution in [0.4, 0.5) is 4.79 Å². The number of rotatable bonds is 8. The molecule has 3 aromatic rings. The lowest BCUT2D eigenvalue weighted by Gasteiger charge is -2.44. The number of hydrogen-bond donors (Lipinski definition) is 0. The molecule has 252 valence electrons. The number of benzene rings is 3. The number of carbonyl (C=O) groups is 2. The summed E-state index contributed by atoms with van der Waals surface area (Å²) in [6.07, 6.45) is -0.586. The SMILES string of the molecule is COc1ccc(S(=O)(=O)N2CCN(C(=O)OC(C)(C)C)CC2C(=O)N2CCN(C(c3ccccc3)c3ccccc3)CC2)cc1OC. The first-order chi connectivity index (χ1) is 22.4. The van der Waals surface area contributed by atoms with E-state index in [-0.39, 0.29) is 42.2 Å². The number of piperazine rings is 2. The quantitative estimate of drug-likeness (QED) is 0.352. The first kappa shape index (κ1) is 34.2. The van der Waals surface area contributed by atoms with Gasteiger partial charge in [-0.3, -0.25) is 9.69 Å². The van der Waals surface area contributed by atoms with Crippen LogP contribution < -0.4 is 9.47 Å². The molecule has 2 heterocycles. The number of hydrogen-bond acceptors (Lipinski definition) is 8. The van der Waals surface area contributed by atoms with Crippen LogP contribution in [0.25, 0.3) is 0 Å². The molecule has 2 fully saturated rings. The highest BCUT2D eigenvalue weighted by molar-refractivity contribution is 7.89. The summed E-state index contributed by atoms with van der Waals surface area (Å²) in [5.41, 5.74) is 1.57. The van der Waals surface area contributed by atoms with Crippen molar-refractivity contribution in [2.45, 2.75) is 43.4 Å². The summed E-state index contributed by atoms with van der Waals surface area (Å²) in [6.45, 7) is 7.16. The molecule has 47 heavy (non-hydrogen) atoms. The molecular formula is C35H44N4O7S. The van der Waals surface area contributed by atoms with Crippen LogP contribution in [-0.4, -0.2) is 111 Å². The number of nitrogens with zero attached hydrogens (tertiary/aromatic N) is 4. The molecule has 0 spiro atoms. The lowest BCUT2D eigenvalue weighted by molar-refractivity contribution is -0.139. The average Bonchev–Trinajstić information content (AvgIpc) is 3.08. The van der Waals surface area contributed by atoms with Crippen LogP contribution in [0.1, 0.15) is 37.9 Å². The Hall–Kier alpha value is -4.13. The third kappa shape index (κ3) is 7.72. The molecule has 11 nitrogen and oxygen atoms in total. The maximum Gasteiger partial charge on any atom is 0.410 e. The van der Waals surface area contributed by atoms with Gasteiger partial charge in [-0.1, -0.05) is 60.7 Å². The van der Waals surface area contributed by atoms with Gasteiger partial charge in [-0.05, 0) is 44.0 Å². The molecule has 0 bridgehead atoms. The van der Waals surface area contributed by atoms with Crippen molar-refractivity contribution < 1.29 is 32.2 Å². The second-order valence-corrected chi connectivity index (χ2v) is 14.6. The standard InChI is InChI=1S/C35H44N4O7S/c1-35(2,3)46-34(41)38-22-23-39(47(42,43)28-16-17-30(44-4)31(24-28)45-5)29(25-38)33(40)37-20-18-36(19-21-37)32(26-12-8-6-9-13-26)27-14-10-7-11-15-27/h6-17,24,29,32H,18-23,25H2,1-5H3. The first-order valence-corrected chi connectivity index (χ1v) is 17.2. The fourth-order valence-electron chi connectivity index (χ4n) is 6.16. The van der Waals surface area contributed by atoms with Gasteiger partial charge in [0.2, 0.25) is 15.9 Å². The zero-order valence-corrected chi connectivity index (χ0v) is 28.5. The molecule has 0 aliphatic carbocycles. The third-order valence-electron chi connectivity index (χ3n) is 8.45. The third-order valence-corrected chi connectivity index (χ3v) is 10.4. The highest BCUT2D eigenvalue weighted by atomic mass is 32.2. The summed E-state index contributed by atoms with van der Waals surface area (Å²) < 4.78 is 45.7. The van der Waals surface area contributed by atoms with Crippen molar-refractivity contribution in [2.24, 2.45) is 0 Å². The van der Waals surface area contributed by atoms with Gasteiger partial charge in [0.05, 0.1) is 25.2 Å². The van der Waals surface area contributed by atoms with Gasteiger partial charge >= 0.3 is 6.09 Å². The fraction of sp³-hybridized carbons (Fsp3) is 0.429. The molecule has 0 aromatic heterocycles. The van der Waals surface area contributed by atoms with Crippen molar-refractivity contribution >= 4 is 22.0 Å². The number of methoxy groups -OCH3 is 2. The Balaban J connectivity index is 1.40. The van der Waals surface area contributed by atoms with E-state index in [9.17, 15) is 18.0 Å². The maximum absolute atomic E-state index is 14.3. The van der Waals surface area contributed by atoms with Crippen LogP contribution in [0.2, 0.25) is 0 Å². The normalized spacial score (nSPS) is 18.2. The predicted octanol–water partition coefficient (Wildman–Crippen LogP) is 4.25. The molecule has 0 radical (unpaired) electrons. The second-order valence-electron chi connectivity index (χ2n) is 12.7. The molecule has 2 aliphatic heterocycles. The molecule has 0 saturated carbocycles. The van der Waals surface area contributed by atoms with Crippen LogP contribution in [0, 0.1) is 0 Å². The van der Waals surface area contributed by atoms with E-state index in [4.69, 9.17) is 14.2 Å². The lowest BCUT2D eigenvalue weighted by Crippen LogP contribution is -2.63. The van der Waals surface area contributed by atoms with E-state index in [1.807, 2.05) is 36.4 Å². The summed E-state index contributed by atoms with van der Waals surface area (Å²) in [4.78, 5) is 32.9. The number of carbonyl (C=O) groups excluding carboxylic acids is 2. The van der Waals surface area contributed by atoms with Gasteiger partial charge in [0, 0.05) is 51.9 Å². The number of amides is 2. The van der Waals surface area contributed by atoms with Gasteiger partial charge in [0.15, 0.2) is 11.5 Å². The Morgan fingerprint density at radius 3 is 1.83 bits per heavy atom. The van der Waals surface area contributed by atoms with Crippen LogP contribution in [0.15, 0.2) is 83.8 Å². The van der Waals surface area contributed by atoms with E-state index in [1.165, 1.54) is 41.6 Å². The summed E-state index contributed by atoms with van der Waals surface area (Å²) in [5.74, 6) is 0.292. The van der Waals surface area contributed by atoms with Gasteiger partial charge in [0.25, 0.3) is 0 Å². The minimum Gasteiger partial charge on any atom is -0.493 e. The van der Waals surface area contributed by atoms with E-state index in [0.29, 0.717) is 31.9 Å². The summed E-state index contributed by atoms with van der Waals surface area (Å²) in [7, 11) is -1.27. The average molecular weight is 665 g/mol. The molecule has 2 saturated heterocycles. The van der Waals surface area contributed by atoms with Gasteiger partial charge in [0.1, 0.15) is 11.6 Å². The van der Waals surface area contributed by atoms with E-state index >= 15 is 0 Å². The Bertz CT molecular complexity index is 1600. The minimum atomic E-state index is -4.17. The van der Waals surface area contributed by atoms with Crippen molar-refractivity contribution in [1.29, 1.82) is 0 Å². The van der Waals surface area contributed by atoms with E-state index in [0.717, 1.165) is 11.1 Å². The number of ether oxygens (including phenoxy) is 3. The largest absolute Gasteiger partial charge is 0.493 e. The fourth-order valence-corrected chi connectivity index (χ4v) is 7.74. The molecule has 1 unspecified atom stereocenters. The zero-order valence-electron chi connectivity index (χ0n) is 27.7. The highest BCUT2D eigenvalue weighted by Gasteiger charge is 2.44. The van der Waals surface area contributed by atoms with Crippen molar-refractivity contribution in [3.63, 3.8) is 0 Å².